The smallest absolute Gasteiger partial charge is 0.0218 e. The standard InChI is InChI=1S/C13H27N3/c1-3-12-10-16(8-7-15(12)2)9-11-5-4-6-13(11)14/h11-13H,3-10,14H2,1-2H3. The zero-order valence-electron chi connectivity index (χ0n) is 10.9. The summed E-state index contributed by atoms with van der Waals surface area (Å²) in [7, 11) is 2.26. The third-order valence-electron chi connectivity index (χ3n) is 4.54. The number of hydrogen-bond acceptors (Lipinski definition) is 3. The van der Waals surface area contributed by atoms with Gasteiger partial charge in [-0.05, 0) is 32.2 Å². The van der Waals surface area contributed by atoms with Gasteiger partial charge in [-0.2, -0.15) is 0 Å². The molecule has 2 aliphatic rings. The van der Waals surface area contributed by atoms with Gasteiger partial charge >= 0.3 is 0 Å². The van der Waals surface area contributed by atoms with Crippen LogP contribution in [-0.2, 0) is 0 Å². The zero-order chi connectivity index (χ0) is 11.5. The van der Waals surface area contributed by atoms with E-state index in [2.05, 4.69) is 23.8 Å². The average molecular weight is 225 g/mol. The van der Waals surface area contributed by atoms with E-state index in [9.17, 15) is 0 Å². The minimum absolute atomic E-state index is 0.472. The lowest BCUT2D eigenvalue weighted by atomic mass is 10.0. The van der Waals surface area contributed by atoms with Crippen molar-refractivity contribution in [1.29, 1.82) is 0 Å². The summed E-state index contributed by atoms with van der Waals surface area (Å²) in [6.07, 6.45) is 5.21. The van der Waals surface area contributed by atoms with Gasteiger partial charge in [0.25, 0.3) is 0 Å². The van der Waals surface area contributed by atoms with Crippen LogP contribution in [0.4, 0.5) is 0 Å². The number of nitrogens with zero attached hydrogens (tertiary/aromatic N) is 2. The maximum absolute atomic E-state index is 6.15. The van der Waals surface area contributed by atoms with Gasteiger partial charge in [-0.1, -0.05) is 13.3 Å². The van der Waals surface area contributed by atoms with Crippen LogP contribution in [0.3, 0.4) is 0 Å². The van der Waals surface area contributed by atoms with E-state index < -0.39 is 0 Å². The molecule has 3 nitrogen and oxygen atoms in total. The van der Waals surface area contributed by atoms with Gasteiger partial charge in [0.1, 0.15) is 0 Å². The van der Waals surface area contributed by atoms with Crippen molar-refractivity contribution in [2.75, 3.05) is 33.2 Å². The molecule has 0 bridgehead atoms. The fraction of sp³-hybridized carbons (Fsp3) is 1.00. The Balaban J connectivity index is 1.81. The first kappa shape index (κ1) is 12.3. The molecule has 0 aromatic heterocycles. The van der Waals surface area contributed by atoms with Crippen molar-refractivity contribution in [2.45, 2.75) is 44.7 Å². The van der Waals surface area contributed by atoms with E-state index in [-0.39, 0.29) is 0 Å². The first-order chi connectivity index (χ1) is 7.70. The molecule has 1 saturated heterocycles. The molecule has 1 heterocycles. The monoisotopic (exact) mass is 225 g/mol. The van der Waals surface area contributed by atoms with Gasteiger partial charge in [-0.25, -0.2) is 0 Å². The van der Waals surface area contributed by atoms with Crippen molar-refractivity contribution in [1.82, 2.24) is 9.80 Å². The summed E-state index contributed by atoms with van der Waals surface area (Å²) >= 11 is 0. The summed E-state index contributed by atoms with van der Waals surface area (Å²) < 4.78 is 0. The van der Waals surface area contributed by atoms with Crippen LogP contribution in [-0.4, -0.2) is 55.1 Å². The van der Waals surface area contributed by atoms with Crippen molar-refractivity contribution in [2.24, 2.45) is 11.7 Å². The molecule has 0 radical (unpaired) electrons. The van der Waals surface area contributed by atoms with Crippen LogP contribution in [0.5, 0.6) is 0 Å². The maximum Gasteiger partial charge on any atom is 0.0218 e. The van der Waals surface area contributed by atoms with Gasteiger partial charge in [-0.3, -0.25) is 0 Å². The summed E-state index contributed by atoms with van der Waals surface area (Å²) in [5.74, 6) is 0.765. The molecule has 0 aromatic rings. The van der Waals surface area contributed by atoms with Crippen molar-refractivity contribution >= 4 is 0 Å². The molecule has 2 N–H and O–H groups in total. The Bertz CT molecular complexity index is 219. The molecule has 1 aliphatic heterocycles. The highest BCUT2D eigenvalue weighted by atomic mass is 15.3. The lowest BCUT2D eigenvalue weighted by molar-refractivity contribution is 0.0804. The SMILES string of the molecule is CCC1CN(CC2CCCC2N)CCN1C. The van der Waals surface area contributed by atoms with Crippen LogP contribution < -0.4 is 5.73 Å². The first-order valence-corrected chi connectivity index (χ1v) is 6.89. The lowest BCUT2D eigenvalue weighted by Crippen LogP contribution is -2.52. The number of rotatable bonds is 3. The fourth-order valence-corrected chi connectivity index (χ4v) is 3.24. The highest BCUT2D eigenvalue weighted by molar-refractivity contribution is 4.86. The van der Waals surface area contributed by atoms with Crippen LogP contribution in [0.1, 0.15) is 32.6 Å². The normalized spacial score (nSPS) is 38.1. The lowest BCUT2D eigenvalue weighted by Gasteiger charge is -2.40. The highest BCUT2D eigenvalue weighted by Gasteiger charge is 2.29. The highest BCUT2D eigenvalue weighted by Crippen LogP contribution is 2.25. The summed E-state index contributed by atoms with van der Waals surface area (Å²) in [6.45, 7) is 7.24. The number of hydrogen-bond donors (Lipinski definition) is 1. The summed E-state index contributed by atoms with van der Waals surface area (Å²) in [6, 6.07) is 1.23. The van der Waals surface area contributed by atoms with E-state index in [1.54, 1.807) is 0 Å². The van der Waals surface area contributed by atoms with E-state index in [4.69, 9.17) is 5.73 Å². The van der Waals surface area contributed by atoms with E-state index >= 15 is 0 Å². The van der Waals surface area contributed by atoms with Gasteiger partial charge in [0.2, 0.25) is 0 Å². The molecule has 3 unspecified atom stereocenters. The van der Waals surface area contributed by atoms with Gasteiger partial charge in [-0.15, -0.1) is 0 Å². The Hall–Kier alpha value is -0.120. The van der Waals surface area contributed by atoms with Gasteiger partial charge in [0.05, 0.1) is 0 Å². The summed E-state index contributed by atoms with van der Waals surface area (Å²) in [5, 5.41) is 0. The van der Waals surface area contributed by atoms with Gasteiger partial charge in [0, 0.05) is 38.3 Å². The minimum atomic E-state index is 0.472. The Labute approximate surface area is 100.0 Å². The summed E-state index contributed by atoms with van der Waals surface area (Å²) in [5.41, 5.74) is 6.15. The molecule has 0 amide bonds. The molecule has 1 saturated carbocycles. The van der Waals surface area contributed by atoms with Crippen molar-refractivity contribution < 1.29 is 0 Å². The molecule has 3 heteroatoms. The van der Waals surface area contributed by atoms with Crippen LogP contribution >= 0.6 is 0 Å². The molecule has 0 aromatic carbocycles. The molecular weight excluding hydrogens is 198 g/mol. The van der Waals surface area contributed by atoms with Gasteiger partial charge in [0.15, 0.2) is 0 Å². The van der Waals surface area contributed by atoms with E-state index in [0.717, 1.165) is 12.0 Å². The molecule has 94 valence electrons. The average Bonchev–Trinajstić information content (AvgIpc) is 2.67. The third kappa shape index (κ3) is 2.76. The van der Waals surface area contributed by atoms with E-state index in [0.29, 0.717) is 6.04 Å². The Morgan fingerprint density at radius 2 is 2.06 bits per heavy atom. The van der Waals surface area contributed by atoms with Crippen LogP contribution in [0.15, 0.2) is 0 Å². The minimum Gasteiger partial charge on any atom is -0.327 e. The first-order valence-electron chi connectivity index (χ1n) is 6.89. The number of piperazine rings is 1. The Morgan fingerprint density at radius 3 is 2.69 bits per heavy atom. The second-order valence-corrected chi connectivity index (χ2v) is 5.66. The zero-order valence-corrected chi connectivity index (χ0v) is 10.9. The topological polar surface area (TPSA) is 32.5 Å². The molecule has 2 rings (SSSR count). The maximum atomic E-state index is 6.15. The fourth-order valence-electron chi connectivity index (χ4n) is 3.24. The second-order valence-electron chi connectivity index (χ2n) is 5.66. The molecule has 16 heavy (non-hydrogen) atoms. The predicted octanol–water partition coefficient (Wildman–Crippen LogP) is 1.14. The molecular formula is C13H27N3. The molecule has 2 fully saturated rings. The molecule has 3 atom stereocenters. The molecule has 1 aliphatic carbocycles. The van der Waals surface area contributed by atoms with Crippen LogP contribution in [0, 0.1) is 5.92 Å². The van der Waals surface area contributed by atoms with Crippen molar-refractivity contribution in [3.63, 3.8) is 0 Å². The second kappa shape index (κ2) is 5.48. The van der Waals surface area contributed by atoms with Gasteiger partial charge < -0.3 is 15.5 Å². The van der Waals surface area contributed by atoms with E-state index in [1.165, 1.54) is 51.9 Å². The van der Waals surface area contributed by atoms with Crippen LogP contribution in [0.25, 0.3) is 0 Å². The quantitative estimate of drug-likeness (QED) is 0.782. The third-order valence-corrected chi connectivity index (χ3v) is 4.54. The largest absolute Gasteiger partial charge is 0.327 e. The Kier molecular flexibility index (Phi) is 4.22. The number of likely N-dealkylation sites (N-methyl/N-ethyl adjacent to an activating group) is 1. The Morgan fingerprint density at radius 1 is 1.25 bits per heavy atom. The molecule has 0 spiro atoms. The van der Waals surface area contributed by atoms with E-state index in [1.807, 2.05) is 0 Å². The number of nitrogens with two attached hydrogens (primary N) is 1. The van der Waals surface area contributed by atoms with Crippen molar-refractivity contribution in [3.05, 3.63) is 0 Å². The summed E-state index contributed by atoms with van der Waals surface area (Å²) in [4.78, 5) is 5.15. The van der Waals surface area contributed by atoms with Crippen LogP contribution in [0.2, 0.25) is 0 Å². The predicted molar refractivity (Wildman–Crippen MR) is 68.5 cm³/mol. The van der Waals surface area contributed by atoms with Crippen molar-refractivity contribution in [3.8, 4) is 0 Å².